The van der Waals surface area contributed by atoms with Gasteiger partial charge in [-0.25, -0.2) is 4.98 Å². The van der Waals surface area contributed by atoms with Crippen LogP contribution in [-0.2, 0) is 0 Å². The lowest BCUT2D eigenvalue weighted by Crippen LogP contribution is -2.29. The highest BCUT2D eigenvalue weighted by molar-refractivity contribution is 6.30. The summed E-state index contributed by atoms with van der Waals surface area (Å²) in [5.74, 6) is -0.554. The number of hydrogen-bond donors (Lipinski definition) is 1. The molecule has 2 aromatic rings. The van der Waals surface area contributed by atoms with E-state index < -0.39 is 0 Å². The predicted molar refractivity (Wildman–Crippen MR) is 100 cm³/mol. The fourth-order valence-corrected chi connectivity index (χ4v) is 2.55. The molecule has 1 heterocycles. The highest BCUT2D eigenvalue weighted by Gasteiger charge is 2.16. The van der Waals surface area contributed by atoms with Gasteiger partial charge in [-0.3, -0.25) is 9.59 Å². The van der Waals surface area contributed by atoms with E-state index in [1.54, 1.807) is 48.3 Å². The third-order valence-electron chi connectivity index (χ3n) is 3.83. The van der Waals surface area contributed by atoms with Crippen LogP contribution in [0.15, 0.2) is 36.4 Å². The second kappa shape index (κ2) is 8.62. The van der Waals surface area contributed by atoms with Gasteiger partial charge in [-0.1, -0.05) is 31.0 Å². The summed E-state index contributed by atoms with van der Waals surface area (Å²) < 4.78 is 0. The average molecular weight is 360 g/mol. The third kappa shape index (κ3) is 5.03. The number of unbranched alkanes of at least 4 members (excludes halogenated alkanes) is 1. The van der Waals surface area contributed by atoms with Gasteiger partial charge >= 0.3 is 0 Å². The molecule has 0 aliphatic carbocycles. The molecule has 0 atom stereocenters. The lowest BCUT2D eigenvalue weighted by atomic mass is 10.2. The molecule has 0 spiro atoms. The largest absolute Gasteiger partial charge is 0.340 e. The van der Waals surface area contributed by atoms with E-state index in [1.807, 2.05) is 6.92 Å². The summed E-state index contributed by atoms with van der Waals surface area (Å²) in [6, 6.07) is 10.1. The van der Waals surface area contributed by atoms with Crippen LogP contribution in [0.3, 0.4) is 0 Å². The topological polar surface area (TPSA) is 62.3 Å². The summed E-state index contributed by atoms with van der Waals surface area (Å²) in [6.45, 7) is 4.59. The molecule has 6 heteroatoms. The van der Waals surface area contributed by atoms with Crippen molar-refractivity contribution < 1.29 is 9.59 Å². The van der Waals surface area contributed by atoms with Crippen LogP contribution in [-0.4, -0.2) is 35.3 Å². The smallest absolute Gasteiger partial charge is 0.274 e. The summed E-state index contributed by atoms with van der Waals surface area (Å²) in [5.41, 5.74) is 1.98. The number of hydrogen-bond acceptors (Lipinski definition) is 3. The van der Waals surface area contributed by atoms with Gasteiger partial charge in [-0.15, -0.1) is 0 Å². The fraction of sp³-hybridized carbons (Fsp3) is 0.316. The first kappa shape index (κ1) is 18.9. The Morgan fingerprint density at radius 2 is 1.92 bits per heavy atom. The summed E-state index contributed by atoms with van der Waals surface area (Å²) in [6.07, 6.45) is 1.94. The van der Waals surface area contributed by atoms with E-state index in [0.717, 1.165) is 18.4 Å². The zero-order chi connectivity index (χ0) is 18.4. The van der Waals surface area contributed by atoms with Crippen molar-refractivity contribution in [1.29, 1.82) is 0 Å². The van der Waals surface area contributed by atoms with Crippen LogP contribution in [0, 0.1) is 6.92 Å². The van der Waals surface area contributed by atoms with Crippen LogP contribution in [0.4, 0.5) is 5.69 Å². The first-order chi connectivity index (χ1) is 11.9. The van der Waals surface area contributed by atoms with Crippen molar-refractivity contribution in [3.8, 4) is 0 Å². The van der Waals surface area contributed by atoms with Gasteiger partial charge in [0, 0.05) is 24.3 Å². The molecule has 2 rings (SSSR count). The number of benzene rings is 1. The maximum atomic E-state index is 12.4. The molecule has 0 radical (unpaired) electrons. The molecule has 0 fully saturated rings. The molecule has 1 aromatic carbocycles. The van der Waals surface area contributed by atoms with E-state index in [9.17, 15) is 9.59 Å². The van der Waals surface area contributed by atoms with Crippen molar-refractivity contribution in [2.45, 2.75) is 26.7 Å². The van der Waals surface area contributed by atoms with Crippen molar-refractivity contribution >= 4 is 29.1 Å². The first-order valence-electron chi connectivity index (χ1n) is 8.22. The number of anilines is 1. The van der Waals surface area contributed by atoms with Gasteiger partial charge in [-0.2, -0.15) is 0 Å². The van der Waals surface area contributed by atoms with Crippen molar-refractivity contribution in [2.75, 3.05) is 18.9 Å². The van der Waals surface area contributed by atoms with Crippen LogP contribution in [0.1, 0.15) is 46.3 Å². The fourth-order valence-electron chi connectivity index (χ4n) is 2.33. The molecule has 1 N–H and O–H groups in total. The van der Waals surface area contributed by atoms with Gasteiger partial charge in [0.2, 0.25) is 0 Å². The Kier molecular flexibility index (Phi) is 6.53. The van der Waals surface area contributed by atoms with Gasteiger partial charge < -0.3 is 10.2 Å². The van der Waals surface area contributed by atoms with Crippen LogP contribution >= 0.6 is 11.6 Å². The van der Waals surface area contributed by atoms with Gasteiger partial charge in [0.1, 0.15) is 11.4 Å². The number of carbonyl (C=O) groups is 2. The number of aryl methyl sites for hydroxylation is 1. The number of halogens is 1. The Hall–Kier alpha value is -2.40. The number of nitrogens with one attached hydrogen (secondary N) is 1. The molecule has 5 nitrogen and oxygen atoms in total. The van der Waals surface area contributed by atoms with Crippen LogP contribution in [0.2, 0.25) is 5.02 Å². The molecule has 0 saturated carbocycles. The Bertz CT molecular complexity index is 777. The van der Waals surface area contributed by atoms with E-state index in [2.05, 4.69) is 17.2 Å². The Morgan fingerprint density at radius 1 is 1.20 bits per heavy atom. The number of nitrogens with zero attached hydrogens (tertiary/aromatic N) is 2. The van der Waals surface area contributed by atoms with Crippen molar-refractivity contribution in [1.82, 2.24) is 9.88 Å². The lowest BCUT2D eigenvalue weighted by molar-refractivity contribution is 0.0787. The van der Waals surface area contributed by atoms with Gasteiger partial charge in [0.15, 0.2) is 0 Å². The molecule has 0 unspecified atom stereocenters. The third-order valence-corrected chi connectivity index (χ3v) is 4.07. The number of amides is 2. The monoisotopic (exact) mass is 359 g/mol. The maximum absolute atomic E-state index is 12.4. The van der Waals surface area contributed by atoms with Crippen LogP contribution < -0.4 is 5.32 Å². The molecule has 1 aromatic heterocycles. The number of pyridine rings is 1. The summed E-state index contributed by atoms with van der Waals surface area (Å²) in [5, 5.41) is 3.41. The van der Waals surface area contributed by atoms with Crippen molar-refractivity contribution in [3.05, 3.63) is 58.4 Å². The SMILES string of the molecule is CCCCN(C)C(=O)c1cccc(C(=O)Nc2ccc(Cl)cc2C)n1. The molecule has 0 aliphatic rings. The summed E-state index contributed by atoms with van der Waals surface area (Å²) in [4.78, 5) is 30.7. The minimum absolute atomic E-state index is 0.189. The highest BCUT2D eigenvalue weighted by Crippen LogP contribution is 2.20. The Balaban J connectivity index is 2.14. The maximum Gasteiger partial charge on any atom is 0.274 e. The van der Waals surface area contributed by atoms with Crippen molar-refractivity contribution in [3.63, 3.8) is 0 Å². The van der Waals surface area contributed by atoms with E-state index in [0.29, 0.717) is 17.3 Å². The second-order valence-corrected chi connectivity index (χ2v) is 6.34. The molecule has 0 bridgehead atoms. The Labute approximate surface area is 153 Å². The van der Waals surface area contributed by atoms with Crippen LogP contribution in [0.25, 0.3) is 0 Å². The quantitative estimate of drug-likeness (QED) is 0.842. The van der Waals surface area contributed by atoms with Crippen molar-refractivity contribution in [2.24, 2.45) is 0 Å². The second-order valence-electron chi connectivity index (χ2n) is 5.90. The zero-order valence-corrected chi connectivity index (χ0v) is 15.4. The van der Waals surface area contributed by atoms with Gasteiger partial charge in [-0.05, 0) is 49.2 Å². The number of rotatable bonds is 6. The van der Waals surface area contributed by atoms with E-state index in [4.69, 9.17) is 11.6 Å². The average Bonchev–Trinajstić information content (AvgIpc) is 2.61. The van der Waals surface area contributed by atoms with Crippen LogP contribution in [0.5, 0.6) is 0 Å². The summed E-state index contributed by atoms with van der Waals surface area (Å²) in [7, 11) is 1.74. The molecule has 132 valence electrons. The molecule has 25 heavy (non-hydrogen) atoms. The molecular weight excluding hydrogens is 338 g/mol. The lowest BCUT2D eigenvalue weighted by Gasteiger charge is -2.16. The minimum Gasteiger partial charge on any atom is -0.340 e. The highest BCUT2D eigenvalue weighted by atomic mass is 35.5. The minimum atomic E-state index is -0.365. The Morgan fingerprint density at radius 3 is 2.60 bits per heavy atom. The predicted octanol–water partition coefficient (Wildman–Crippen LogP) is 4.17. The normalized spacial score (nSPS) is 10.4. The van der Waals surface area contributed by atoms with E-state index in [-0.39, 0.29) is 23.2 Å². The number of carbonyl (C=O) groups excluding carboxylic acids is 2. The molecule has 0 saturated heterocycles. The molecule has 2 amide bonds. The van der Waals surface area contributed by atoms with Gasteiger partial charge in [0.25, 0.3) is 11.8 Å². The number of aromatic nitrogens is 1. The van der Waals surface area contributed by atoms with Gasteiger partial charge in [0.05, 0.1) is 0 Å². The van der Waals surface area contributed by atoms with E-state index >= 15 is 0 Å². The first-order valence-corrected chi connectivity index (χ1v) is 8.60. The summed E-state index contributed by atoms with van der Waals surface area (Å²) >= 11 is 5.92. The molecular formula is C19H22ClN3O2. The molecule has 0 aliphatic heterocycles. The zero-order valence-electron chi connectivity index (χ0n) is 14.7. The standard InChI is InChI=1S/C19H22ClN3O2/c1-4-5-11-23(3)19(25)17-8-6-7-16(21-17)18(24)22-15-10-9-14(20)12-13(15)2/h6-10,12H,4-5,11H2,1-3H3,(H,22,24). The van der Waals surface area contributed by atoms with E-state index in [1.165, 1.54) is 0 Å².